The van der Waals surface area contributed by atoms with E-state index in [4.69, 9.17) is 0 Å². The molecule has 0 aromatic heterocycles. The van der Waals surface area contributed by atoms with Crippen LogP contribution in [0.4, 0.5) is 0 Å². The topological polar surface area (TPSA) is 58.2 Å². The van der Waals surface area contributed by atoms with Gasteiger partial charge in [0.2, 0.25) is 11.8 Å². The minimum Gasteiger partial charge on any atom is -0.356 e. The average molecular weight is 411 g/mol. The highest BCUT2D eigenvalue weighted by atomic mass is 16.2. The van der Waals surface area contributed by atoms with Gasteiger partial charge in [-0.05, 0) is 26.2 Å². The van der Waals surface area contributed by atoms with Gasteiger partial charge in [-0.15, -0.1) is 0 Å². The first-order chi connectivity index (χ1) is 14.1. The first-order valence-corrected chi connectivity index (χ1v) is 12.7. The van der Waals surface area contributed by atoms with Crippen molar-refractivity contribution in [2.24, 2.45) is 0 Å². The largest absolute Gasteiger partial charge is 0.356 e. The van der Waals surface area contributed by atoms with Crippen LogP contribution in [0.25, 0.3) is 0 Å². The molecule has 0 bridgehead atoms. The predicted octanol–water partition coefficient (Wildman–Crippen LogP) is 6.67. The number of amides is 2. The van der Waals surface area contributed by atoms with E-state index < -0.39 is 0 Å². The number of unbranched alkanes of at least 4 members (excludes halogenated alkanes) is 13. The van der Waals surface area contributed by atoms with Crippen molar-refractivity contribution in [2.75, 3.05) is 6.54 Å². The van der Waals surface area contributed by atoms with Crippen LogP contribution in [0.5, 0.6) is 0 Å². The number of carbonyl (C=O) groups is 2. The van der Waals surface area contributed by atoms with Crippen LogP contribution >= 0.6 is 0 Å². The minimum absolute atomic E-state index is 0.0707. The van der Waals surface area contributed by atoms with E-state index >= 15 is 0 Å². The molecule has 1 unspecified atom stereocenters. The smallest absolute Gasteiger partial charge is 0.220 e. The lowest BCUT2D eigenvalue weighted by molar-refractivity contribution is -0.123. The lowest BCUT2D eigenvalue weighted by Gasteiger charge is -2.13. The summed E-state index contributed by atoms with van der Waals surface area (Å²) in [4.78, 5) is 23.7. The van der Waals surface area contributed by atoms with Crippen LogP contribution in [-0.2, 0) is 9.59 Å². The van der Waals surface area contributed by atoms with Crippen molar-refractivity contribution in [3.63, 3.8) is 0 Å². The molecule has 1 atom stereocenters. The van der Waals surface area contributed by atoms with Gasteiger partial charge in [0.05, 0.1) is 0 Å². The number of hydrogen-bond donors (Lipinski definition) is 2. The van der Waals surface area contributed by atoms with Gasteiger partial charge in [-0.3, -0.25) is 9.59 Å². The van der Waals surface area contributed by atoms with E-state index in [-0.39, 0.29) is 17.9 Å². The molecule has 0 heterocycles. The summed E-state index contributed by atoms with van der Waals surface area (Å²) in [6, 6.07) is 0.0707. The second-order valence-corrected chi connectivity index (χ2v) is 8.70. The van der Waals surface area contributed by atoms with Crippen LogP contribution in [0.2, 0.25) is 0 Å². The van der Waals surface area contributed by atoms with Crippen LogP contribution in [0, 0.1) is 0 Å². The van der Waals surface area contributed by atoms with Gasteiger partial charge in [0.15, 0.2) is 0 Å². The SMILES string of the molecule is CCCCCCCCCCCCCCCC(=O)NC(C)CCC(=O)NCCCC. The van der Waals surface area contributed by atoms with E-state index in [1.54, 1.807) is 0 Å². The van der Waals surface area contributed by atoms with E-state index in [9.17, 15) is 9.59 Å². The monoisotopic (exact) mass is 410 g/mol. The molecular formula is C25H50N2O2. The molecule has 2 N–H and O–H groups in total. The van der Waals surface area contributed by atoms with Gasteiger partial charge < -0.3 is 10.6 Å². The standard InChI is InChI=1S/C25H50N2O2/c1-4-6-8-9-10-11-12-13-14-15-16-17-18-19-25(29)27-23(3)20-21-24(28)26-22-7-5-2/h23H,4-22H2,1-3H3,(H,26,28)(H,27,29). The van der Waals surface area contributed by atoms with Crippen molar-refractivity contribution < 1.29 is 9.59 Å². The molecule has 0 radical (unpaired) electrons. The fourth-order valence-corrected chi connectivity index (χ4v) is 3.56. The zero-order valence-corrected chi connectivity index (χ0v) is 19.8. The molecule has 0 saturated heterocycles. The zero-order chi connectivity index (χ0) is 21.6. The molecule has 172 valence electrons. The Hall–Kier alpha value is -1.06. The molecule has 4 heteroatoms. The van der Waals surface area contributed by atoms with Gasteiger partial charge in [-0.25, -0.2) is 0 Å². The minimum atomic E-state index is 0.0707. The highest BCUT2D eigenvalue weighted by Gasteiger charge is 2.09. The van der Waals surface area contributed by atoms with Gasteiger partial charge in [0, 0.05) is 25.4 Å². The van der Waals surface area contributed by atoms with E-state index in [1.807, 2.05) is 6.92 Å². The lowest BCUT2D eigenvalue weighted by atomic mass is 10.0. The van der Waals surface area contributed by atoms with Crippen LogP contribution < -0.4 is 10.6 Å². The van der Waals surface area contributed by atoms with Gasteiger partial charge >= 0.3 is 0 Å². The molecule has 0 rings (SSSR count). The zero-order valence-electron chi connectivity index (χ0n) is 19.8. The molecule has 0 spiro atoms. The Bertz CT molecular complexity index is 385. The van der Waals surface area contributed by atoms with Crippen molar-refractivity contribution in [1.82, 2.24) is 10.6 Å². The Morgan fingerprint density at radius 1 is 0.621 bits per heavy atom. The summed E-state index contributed by atoms with van der Waals surface area (Å²) in [6.07, 6.45) is 21.1. The third kappa shape index (κ3) is 21.5. The molecule has 29 heavy (non-hydrogen) atoms. The molecular weight excluding hydrogens is 360 g/mol. The summed E-state index contributed by atoms with van der Waals surface area (Å²) in [6.45, 7) is 7.13. The van der Waals surface area contributed by atoms with Gasteiger partial charge in [-0.2, -0.15) is 0 Å². The fraction of sp³-hybridized carbons (Fsp3) is 0.920. The molecule has 0 saturated carbocycles. The highest BCUT2D eigenvalue weighted by Crippen LogP contribution is 2.13. The Morgan fingerprint density at radius 2 is 1.10 bits per heavy atom. The number of rotatable bonds is 21. The Balaban J connectivity index is 3.39. The number of nitrogens with one attached hydrogen (secondary N) is 2. The molecule has 0 aliphatic heterocycles. The summed E-state index contributed by atoms with van der Waals surface area (Å²) in [7, 11) is 0. The summed E-state index contributed by atoms with van der Waals surface area (Å²) in [5, 5.41) is 5.95. The van der Waals surface area contributed by atoms with E-state index in [0.29, 0.717) is 19.3 Å². The Morgan fingerprint density at radius 3 is 1.62 bits per heavy atom. The van der Waals surface area contributed by atoms with Crippen LogP contribution in [-0.4, -0.2) is 24.4 Å². The maximum atomic E-state index is 12.0. The first-order valence-electron chi connectivity index (χ1n) is 12.7. The van der Waals surface area contributed by atoms with Crippen LogP contribution in [0.1, 0.15) is 136 Å². The molecule has 0 fully saturated rings. The molecule has 4 nitrogen and oxygen atoms in total. The van der Waals surface area contributed by atoms with Crippen molar-refractivity contribution in [1.29, 1.82) is 0 Å². The van der Waals surface area contributed by atoms with E-state index in [2.05, 4.69) is 24.5 Å². The molecule has 0 aromatic carbocycles. The molecule has 0 aliphatic rings. The second-order valence-electron chi connectivity index (χ2n) is 8.70. The number of carbonyl (C=O) groups excluding carboxylic acids is 2. The maximum Gasteiger partial charge on any atom is 0.220 e. The Labute approximate surface area is 181 Å². The fourth-order valence-electron chi connectivity index (χ4n) is 3.56. The summed E-state index contributed by atoms with van der Waals surface area (Å²) in [5.74, 6) is 0.225. The summed E-state index contributed by atoms with van der Waals surface area (Å²) in [5.41, 5.74) is 0. The molecule has 0 aliphatic carbocycles. The van der Waals surface area contributed by atoms with E-state index in [1.165, 1.54) is 70.6 Å². The average Bonchev–Trinajstić information content (AvgIpc) is 2.70. The van der Waals surface area contributed by atoms with E-state index in [0.717, 1.165) is 32.2 Å². The normalized spacial score (nSPS) is 12.0. The summed E-state index contributed by atoms with van der Waals surface area (Å²) < 4.78 is 0. The van der Waals surface area contributed by atoms with Crippen molar-refractivity contribution in [3.8, 4) is 0 Å². The third-order valence-electron chi connectivity index (χ3n) is 5.57. The van der Waals surface area contributed by atoms with Gasteiger partial charge in [-0.1, -0.05) is 97.3 Å². The summed E-state index contributed by atoms with van der Waals surface area (Å²) >= 11 is 0. The van der Waals surface area contributed by atoms with Gasteiger partial charge in [0.1, 0.15) is 0 Å². The van der Waals surface area contributed by atoms with Crippen LogP contribution in [0.3, 0.4) is 0 Å². The maximum absolute atomic E-state index is 12.0. The molecule has 2 amide bonds. The quantitative estimate of drug-likeness (QED) is 0.208. The Kier molecular flexibility index (Phi) is 20.9. The van der Waals surface area contributed by atoms with Crippen LogP contribution in [0.15, 0.2) is 0 Å². The third-order valence-corrected chi connectivity index (χ3v) is 5.57. The van der Waals surface area contributed by atoms with Crippen molar-refractivity contribution >= 4 is 11.8 Å². The predicted molar refractivity (Wildman–Crippen MR) is 125 cm³/mol. The second kappa shape index (κ2) is 21.6. The van der Waals surface area contributed by atoms with Crippen molar-refractivity contribution in [3.05, 3.63) is 0 Å². The highest BCUT2D eigenvalue weighted by molar-refractivity contribution is 5.77. The number of hydrogen-bond acceptors (Lipinski definition) is 2. The van der Waals surface area contributed by atoms with Crippen molar-refractivity contribution in [2.45, 2.75) is 142 Å². The first kappa shape index (κ1) is 27.9. The molecule has 0 aromatic rings. The lowest BCUT2D eigenvalue weighted by Crippen LogP contribution is -2.34. The van der Waals surface area contributed by atoms with Gasteiger partial charge in [0.25, 0.3) is 0 Å².